The number of fused-ring (bicyclic) bond motifs is 1. The van der Waals surface area contributed by atoms with Crippen molar-refractivity contribution in [3.8, 4) is 5.69 Å². The summed E-state index contributed by atoms with van der Waals surface area (Å²) < 4.78 is 7.90. The Morgan fingerprint density at radius 3 is 2.76 bits per heavy atom. The van der Waals surface area contributed by atoms with Gasteiger partial charge in [0, 0.05) is 31.0 Å². The smallest absolute Gasteiger partial charge is 0.274 e. The largest absolute Gasteiger partial charge is 0.378 e. The number of carbonyl (C=O) groups excluding carboxylic acids is 1. The topological polar surface area (TPSA) is 73.4 Å². The molecule has 156 valence electrons. The Balaban J connectivity index is 1.52. The Kier molecular flexibility index (Phi) is 6.01. The van der Waals surface area contributed by atoms with Crippen LogP contribution in [-0.2, 0) is 17.6 Å². The highest BCUT2D eigenvalue weighted by Crippen LogP contribution is 2.30. The molecule has 1 aliphatic carbocycles. The van der Waals surface area contributed by atoms with Gasteiger partial charge >= 0.3 is 0 Å². The molecular weight excluding hydrogens is 364 g/mol. The highest BCUT2D eigenvalue weighted by molar-refractivity contribution is 5.94. The average molecular weight is 397 g/mol. The zero-order valence-electron chi connectivity index (χ0n) is 17.6. The van der Waals surface area contributed by atoms with Crippen molar-refractivity contribution in [3.05, 3.63) is 46.3 Å². The number of hydrogen-bond donors (Lipinski definition) is 1. The number of nitrogens with zero attached hydrogens (tertiary/aromatic N) is 3. The maximum Gasteiger partial charge on any atom is 0.274 e. The molecule has 6 heteroatoms. The molecule has 0 spiro atoms. The number of ether oxygens (including phenoxy) is 1. The monoisotopic (exact) mass is 396 g/mol. The standard InChI is InChI=1S/C23H32N4O2/c1-16-7-8-20(17(2)15-16)27-21-6-3-5-19(21)22(25-27)23(28)26-12-9-18(10-13-26)29-14-4-11-24/h7-8,15,18H,3-6,9-14,24H2,1-2H3. The summed E-state index contributed by atoms with van der Waals surface area (Å²) in [4.78, 5) is 15.3. The first kappa shape index (κ1) is 20.1. The minimum Gasteiger partial charge on any atom is -0.378 e. The van der Waals surface area contributed by atoms with Crippen LogP contribution < -0.4 is 5.73 Å². The number of hydrogen-bond acceptors (Lipinski definition) is 4. The summed E-state index contributed by atoms with van der Waals surface area (Å²) in [5.74, 6) is 0.0760. The van der Waals surface area contributed by atoms with E-state index in [1.54, 1.807) is 0 Å². The number of nitrogens with two attached hydrogens (primary N) is 1. The molecule has 0 atom stereocenters. The van der Waals surface area contributed by atoms with Crippen LogP contribution in [-0.4, -0.2) is 52.9 Å². The van der Waals surface area contributed by atoms with Gasteiger partial charge in [0.25, 0.3) is 5.91 Å². The summed E-state index contributed by atoms with van der Waals surface area (Å²) in [5.41, 5.74) is 12.1. The minimum atomic E-state index is 0.0760. The van der Waals surface area contributed by atoms with Crippen molar-refractivity contribution in [2.24, 2.45) is 5.73 Å². The molecule has 1 amide bonds. The van der Waals surface area contributed by atoms with Crippen LogP contribution in [0.2, 0.25) is 0 Å². The lowest BCUT2D eigenvalue weighted by atomic mass is 10.1. The highest BCUT2D eigenvalue weighted by atomic mass is 16.5. The molecular formula is C23H32N4O2. The van der Waals surface area contributed by atoms with E-state index in [2.05, 4.69) is 32.0 Å². The van der Waals surface area contributed by atoms with Crippen molar-refractivity contribution in [2.75, 3.05) is 26.2 Å². The van der Waals surface area contributed by atoms with E-state index in [1.165, 1.54) is 16.8 Å². The number of aromatic nitrogens is 2. The molecule has 2 heterocycles. The van der Waals surface area contributed by atoms with E-state index >= 15 is 0 Å². The molecule has 0 unspecified atom stereocenters. The molecule has 0 radical (unpaired) electrons. The van der Waals surface area contributed by atoms with Crippen molar-refractivity contribution in [1.29, 1.82) is 0 Å². The quantitative estimate of drug-likeness (QED) is 0.762. The van der Waals surface area contributed by atoms with Crippen molar-refractivity contribution in [1.82, 2.24) is 14.7 Å². The minimum absolute atomic E-state index is 0.0760. The lowest BCUT2D eigenvalue weighted by Crippen LogP contribution is -2.41. The molecule has 0 saturated carbocycles. The van der Waals surface area contributed by atoms with E-state index in [4.69, 9.17) is 15.6 Å². The fraction of sp³-hybridized carbons (Fsp3) is 0.565. The van der Waals surface area contributed by atoms with Crippen LogP contribution in [0.25, 0.3) is 5.69 Å². The number of benzene rings is 1. The Morgan fingerprint density at radius 1 is 1.24 bits per heavy atom. The predicted molar refractivity (Wildman–Crippen MR) is 114 cm³/mol. The van der Waals surface area contributed by atoms with Gasteiger partial charge in [0.1, 0.15) is 0 Å². The van der Waals surface area contributed by atoms with Gasteiger partial charge in [0.15, 0.2) is 5.69 Å². The molecule has 2 N–H and O–H groups in total. The Morgan fingerprint density at radius 2 is 2.03 bits per heavy atom. The fourth-order valence-corrected chi connectivity index (χ4v) is 4.56. The van der Waals surface area contributed by atoms with Gasteiger partial charge in [-0.1, -0.05) is 17.7 Å². The van der Waals surface area contributed by atoms with Crippen molar-refractivity contribution < 1.29 is 9.53 Å². The Hall–Kier alpha value is -2.18. The number of likely N-dealkylation sites (tertiary alicyclic amines) is 1. The molecule has 1 aliphatic heterocycles. The molecule has 1 aromatic heterocycles. The molecule has 2 aliphatic rings. The first-order valence-corrected chi connectivity index (χ1v) is 10.9. The van der Waals surface area contributed by atoms with Gasteiger partial charge in [-0.25, -0.2) is 4.68 Å². The van der Waals surface area contributed by atoms with Crippen LogP contribution in [0.1, 0.15) is 58.6 Å². The van der Waals surface area contributed by atoms with Crippen LogP contribution in [0, 0.1) is 13.8 Å². The molecule has 1 fully saturated rings. The normalized spacial score (nSPS) is 17.0. The van der Waals surface area contributed by atoms with Gasteiger partial charge in [-0.2, -0.15) is 5.10 Å². The van der Waals surface area contributed by atoms with Crippen LogP contribution in [0.3, 0.4) is 0 Å². The number of piperidine rings is 1. The highest BCUT2D eigenvalue weighted by Gasteiger charge is 2.31. The van der Waals surface area contributed by atoms with Gasteiger partial charge in [-0.3, -0.25) is 4.79 Å². The van der Waals surface area contributed by atoms with Crippen LogP contribution in [0.4, 0.5) is 0 Å². The summed E-state index contributed by atoms with van der Waals surface area (Å²) >= 11 is 0. The van der Waals surface area contributed by atoms with Gasteiger partial charge in [0.05, 0.1) is 11.8 Å². The molecule has 29 heavy (non-hydrogen) atoms. The number of carbonyl (C=O) groups is 1. The second kappa shape index (κ2) is 8.67. The van der Waals surface area contributed by atoms with Crippen LogP contribution >= 0.6 is 0 Å². The third-order valence-electron chi connectivity index (χ3n) is 6.14. The molecule has 0 bridgehead atoms. The summed E-state index contributed by atoms with van der Waals surface area (Å²) in [6.45, 7) is 7.05. The van der Waals surface area contributed by atoms with Crippen LogP contribution in [0.15, 0.2) is 18.2 Å². The first-order chi connectivity index (χ1) is 14.1. The van der Waals surface area contributed by atoms with Crippen molar-refractivity contribution in [3.63, 3.8) is 0 Å². The number of rotatable bonds is 6. The third kappa shape index (κ3) is 4.09. The molecule has 1 aromatic carbocycles. The van der Waals surface area contributed by atoms with E-state index in [9.17, 15) is 4.79 Å². The van der Waals surface area contributed by atoms with Crippen molar-refractivity contribution in [2.45, 2.75) is 58.5 Å². The maximum absolute atomic E-state index is 13.3. The zero-order valence-corrected chi connectivity index (χ0v) is 17.6. The molecule has 1 saturated heterocycles. The Labute approximate surface area is 173 Å². The second-order valence-electron chi connectivity index (χ2n) is 8.33. The Bertz CT molecular complexity index is 881. The SMILES string of the molecule is Cc1ccc(-n2nc(C(=O)N3CCC(OCCCN)CC3)c3c2CCC3)c(C)c1. The molecule has 6 nitrogen and oxygen atoms in total. The maximum atomic E-state index is 13.3. The predicted octanol–water partition coefficient (Wildman–Crippen LogP) is 2.95. The first-order valence-electron chi connectivity index (χ1n) is 10.9. The second-order valence-corrected chi connectivity index (χ2v) is 8.33. The lowest BCUT2D eigenvalue weighted by Gasteiger charge is -2.31. The van der Waals surface area contributed by atoms with Gasteiger partial charge in [0.2, 0.25) is 0 Å². The lowest BCUT2D eigenvalue weighted by molar-refractivity contribution is 0.00825. The van der Waals surface area contributed by atoms with E-state index in [-0.39, 0.29) is 12.0 Å². The van der Waals surface area contributed by atoms with E-state index in [1.807, 2.05) is 9.58 Å². The van der Waals surface area contributed by atoms with Gasteiger partial charge < -0.3 is 15.4 Å². The summed E-state index contributed by atoms with van der Waals surface area (Å²) in [6.07, 6.45) is 5.92. The molecule has 4 rings (SSSR count). The fourth-order valence-electron chi connectivity index (χ4n) is 4.56. The molecule has 2 aromatic rings. The summed E-state index contributed by atoms with van der Waals surface area (Å²) in [6, 6.07) is 6.41. The number of aryl methyl sites for hydroxylation is 2. The van der Waals surface area contributed by atoms with Gasteiger partial charge in [-0.05, 0) is 70.5 Å². The average Bonchev–Trinajstić information content (AvgIpc) is 3.31. The van der Waals surface area contributed by atoms with Crippen molar-refractivity contribution >= 4 is 5.91 Å². The van der Waals surface area contributed by atoms with E-state index in [0.717, 1.165) is 62.9 Å². The number of amides is 1. The zero-order chi connectivity index (χ0) is 20.4. The van der Waals surface area contributed by atoms with Gasteiger partial charge in [-0.15, -0.1) is 0 Å². The van der Waals surface area contributed by atoms with E-state index in [0.29, 0.717) is 18.8 Å². The van der Waals surface area contributed by atoms with E-state index < -0.39 is 0 Å². The summed E-state index contributed by atoms with van der Waals surface area (Å²) in [5, 5.41) is 4.83. The third-order valence-corrected chi connectivity index (χ3v) is 6.14. The summed E-state index contributed by atoms with van der Waals surface area (Å²) in [7, 11) is 0. The van der Waals surface area contributed by atoms with Crippen LogP contribution in [0.5, 0.6) is 0 Å².